The van der Waals surface area contributed by atoms with Crippen molar-refractivity contribution >= 4 is 0 Å². The maximum Gasteiger partial charge on any atom is 0.0558 e. The number of rotatable bonds is 9. The number of aliphatic hydroxyl groups excluding tert-OH is 1. The van der Waals surface area contributed by atoms with Gasteiger partial charge in [-0.25, -0.2) is 0 Å². The summed E-state index contributed by atoms with van der Waals surface area (Å²) in [7, 11) is 0. The van der Waals surface area contributed by atoms with Crippen molar-refractivity contribution in [3.63, 3.8) is 0 Å². The van der Waals surface area contributed by atoms with Crippen LogP contribution >= 0.6 is 0 Å². The number of hydrogen-bond acceptors (Lipinski definition) is 3. The Bertz CT molecular complexity index is 270. The van der Waals surface area contributed by atoms with Gasteiger partial charge in [-0.1, -0.05) is 26.7 Å². The molecular formula is C17H34N2O. The average molecular weight is 282 g/mol. The second-order valence-corrected chi connectivity index (χ2v) is 7.28. The quantitative estimate of drug-likeness (QED) is 0.638. The van der Waals surface area contributed by atoms with Crippen LogP contribution in [-0.2, 0) is 0 Å². The van der Waals surface area contributed by atoms with E-state index in [4.69, 9.17) is 0 Å². The first-order chi connectivity index (χ1) is 9.69. The lowest BCUT2D eigenvalue weighted by Gasteiger charge is -2.43. The Morgan fingerprint density at radius 2 is 1.90 bits per heavy atom. The summed E-state index contributed by atoms with van der Waals surface area (Å²) >= 11 is 0. The van der Waals surface area contributed by atoms with Crippen molar-refractivity contribution < 1.29 is 5.11 Å². The molecule has 2 aliphatic rings. The molecule has 0 bridgehead atoms. The largest absolute Gasteiger partial charge is 0.395 e. The summed E-state index contributed by atoms with van der Waals surface area (Å²) in [6, 6.07) is 0.768. The molecule has 2 fully saturated rings. The van der Waals surface area contributed by atoms with Crippen LogP contribution in [-0.4, -0.2) is 48.8 Å². The molecule has 3 nitrogen and oxygen atoms in total. The minimum absolute atomic E-state index is 0.311. The summed E-state index contributed by atoms with van der Waals surface area (Å²) in [5.41, 5.74) is 0.458. The van der Waals surface area contributed by atoms with Gasteiger partial charge in [0.15, 0.2) is 0 Å². The van der Waals surface area contributed by atoms with E-state index in [-0.39, 0.29) is 0 Å². The Balaban J connectivity index is 1.93. The van der Waals surface area contributed by atoms with Gasteiger partial charge in [-0.2, -0.15) is 0 Å². The minimum Gasteiger partial charge on any atom is -0.395 e. The molecule has 0 atom stereocenters. The van der Waals surface area contributed by atoms with Gasteiger partial charge in [0.2, 0.25) is 0 Å². The zero-order chi connectivity index (χ0) is 14.4. The molecule has 0 amide bonds. The molecule has 3 heteroatoms. The summed E-state index contributed by atoms with van der Waals surface area (Å²) in [5, 5.41) is 13.0. The third-order valence-corrected chi connectivity index (χ3v) is 5.25. The second kappa shape index (κ2) is 7.77. The predicted octanol–water partition coefficient (Wildman–Crippen LogP) is 2.64. The zero-order valence-corrected chi connectivity index (χ0v) is 13.5. The monoisotopic (exact) mass is 282 g/mol. The SMILES string of the molecule is CCCNCC1(CN(CCO)C2CC2)CCC(C)CC1. The summed E-state index contributed by atoms with van der Waals surface area (Å²) < 4.78 is 0. The predicted molar refractivity (Wildman–Crippen MR) is 84.9 cm³/mol. The maximum atomic E-state index is 9.33. The molecule has 0 radical (unpaired) electrons. The first-order valence-corrected chi connectivity index (χ1v) is 8.75. The topological polar surface area (TPSA) is 35.5 Å². The summed E-state index contributed by atoms with van der Waals surface area (Å²) in [6.07, 6.45) is 9.38. The van der Waals surface area contributed by atoms with E-state index >= 15 is 0 Å². The van der Waals surface area contributed by atoms with Gasteiger partial charge in [-0.15, -0.1) is 0 Å². The number of nitrogens with one attached hydrogen (secondary N) is 1. The highest BCUT2D eigenvalue weighted by molar-refractivity contribution is 4.93. The van der Waals surface area contributed by atoms with Crippen molar-refractivity contribution in [1.82, 2.24) is 10.2 Å². The van der Waals surface area contributed by atoms with Crippen molar-refractivity contribution in [2.45, 2.75) is 64.8 Å². The molecule has 0 saturated heterocycles. The molecule has 2 aliphatic carbocycles. The molecule has 0 aliphatic heterocycles. The van der Waals surface area contributed by atoms with Crippen LogP contribution in [0.5, 0.6) is 0 Å². The Kier molecular flexibility index (Phi) is 6.31. The number of hydrogen-bond donors (Lipinski definition) is 2. The minimum atomic E-state index is 0.311. The smallest absolute Gasteiger partial charge is 0.0558 e. The standard InChI is InChI=1S/C17H34N2O/c1-3-10-18-13-17(8-6-15(2)7-9-17)14-19(11-12-20)16-4-5-16/h15-16,18,20H,3-14H2,1-2H3. The van der Waals surface area contributed by atoms with E-state index in [9.17, 15) is 5.11 Å². The normalized spacial score (nSPS) is 30.9. The van der Waals surface area contributed by atoms with Gasteiger partial charge in [-0.3, -0.25) is 4.90 Å². The average Bonchev–Trinajstić information content (AvgIpc) is 3.27. The molecule has 0 heterocycles. The molecule has 118 valence electrons. The van der Waals surface area contributed by atoms with Crippen LogP contribution in [0.2, 0.25) is 0 Å². The number of nitrogens with zero attached hydrogens (tertiary/aromatic N) is 1. The van der Waals surface area contributed by atoms with Gasteiger partial charge >= 0.3 is 0 Å². The molecule has 0 unspecified atom stereocenters. The summed E-state index contributed by atoms with van der Waals surface area (Å²) in [4.78, 5) is 2.57. The van der Waals surface area contributed by atoms with E-state index < -0.39 is 0 Å². The van der Waals surface area contributed by atoms with E-state index in [1.54, 1.807) is 0 Å². The van der Waals surface area contributed by atoms with E-state index in [0.717, 1.165) is 25.0 Å². The van der Waals surface area contributed by atoms with E-state index in [0.29, 0.717) is 12.0 Å². The molecule has 0 aromatic heterocycles. The lowest BCUT2D eigenvalue weighted by atomic mass is 9.70. The van der Waals surface area contributed by atoms with Crippen LogP contribution in [0.25, 0.3) is 0 Å². The van der Waals surface area contributed by atoms with Crippen molar-refractivity contribution in [2.75, 3.05) is 32.8 Å². The molecular weight excluding hydrogens is 248 g/mol. The van der Waals surface area contributed by atoms with Crippen molar-refractivity contribution in [1.29, 1.82) is 0 Å². The van der Waals surface area contributed by atoms with Crippen LogP contribution in [0.15, 0.2) is 0 Å². The Labute approximate surface area is 125 Å². The highest BCUT2D eigenvalue weighted by Crippen LogP contribution is 2.41. The highest BCUT2D eigenvalue weighted by Gasteiger charge is 2.39. The third kappa shape index (κ3) is 4.71. The van der Waals surface area contributed by atoms with Gasteiger partial charge in [0.25, 0.3) is 0 Å². The van der Waals surface area contributed by atoms with Gasteiger partial charge in [0, 0.05) is 25.7 Å². The Morgan fingerprint density at radius 3 is 2.45 bits per heavy atom. The molecule has 0 aromatic rings. The third-order valence-electron chi connectivity index (χ3n) is 5.25. The Hall–Kier alpha value is -0.120. The first kappa shape index (κ1) is 16.3. The van der Waals surface area contributed by atoms with Gasteiger partial charge in [-0.05, 0) is 50.0 Å². The lowest BCUT2D eigenvalue weighted by molar-refractivity contribution is 0.0716. The van der Waals surface area contributed by atoms with Crippen LogP contribution in [0.3, 0.4) is 0 Å². The zero-order valence-electron chi connectivity index (χ0n) is 13.5. The number of aliphatic hydroxyl groups is 1. The van der Waals surface area contributed by atoms with Crippen LogP contribution < -0.4 is 5.32 Å². The van der Waals surface area contributed by atoms with Crippen LogP contribution in [0.1, 0.15) is 58.8 Å². The molecule has 0 spiro atoms. The van der Waals surface area contributed by atoms with E-state index in [1.165, 1.54) is 58.0 Å². The second-order valence-electron chi connectivity index (χ2n) is 7.28. The van der Waals surface area contributed by atoms with Crippen molar-refractivity contribution in [3.05, 3.63) is 0 Å². The fraction of sp³-hybridized carbons (Fsp3) is 1.00. The molecule has 20 heavy (non-hydrogen) atoms. The Morgan fingerprint density at radius 1 is 1.20 bits per heavy atom. The molecule has 2 N–H and O–H groups in total. The molecule has 2 rings (SSSR count). The highest BCUT2D eigenvalue weighted by atomic mass is 16.3. The lowest BCUT2D eigenvalue weighted by Crippen LogP contribution is -2.47. The van der Waals surface area contributed by atoms with Crippen molar-refractivity contribution in [2.24, 2.45) is 11.3 Å². The molecule has 0 aromatic carbocycles. The fourth-order valence-electron chi connectivity index (χ4n) is 3.69. The van der Waals surface area contributed by atoms with Crippen molar-refractivity contribution in [3.8, 4) is 0 Å². The van der Waals surface area contributed by atoms with Gasteiger partial charge < -0.3 is 10.4 Å². The van der Waals surface area contributed by atoms with E-state index in [2.05, 4.69) is 24.1 Å². The summed E-state index contributed by atoms with van der Waals surface area (Å²) in [6.45, 7) is 9.33. The van der Waals surface area contributed by atoms with Crippen LogP contribution in [0.4, 0.5) is 0 Å². The first-order valence-electron chi connectivity index (χ1n) is 8.75. The van der Waals surface area contributed by atoms with Crippen LogP contribution in [0, 0.1) is 11.3 Å². The summed E-state index contributed by atoms with van der Waals surface area (Å²) in [5.74, 6) is 0.904. The van der Waals surface area contributed by atoms with Gasteiger partial charge in [0.05, 0.1) is 6.61 Å². The van der Waals surface area contributed by atoms with E-state index in [1.807, 2.05) is 0 Å². The fourth-order valence-corrected chi connectivity index (χ4v) is 3.69. The maximum absolute atomic E-state index is 9.33. The molecule has 2 saturated carbocycles. The van der Waals surface area contributed by atoms with Gasteiger partial charge in [0.1, 0.15) is 0 Å².